The van der Waals surface area contributed by atoms with Crippen molar-refractivity contribution < 1.29 is 9.50 Å². The van der Waals surface area contributed by atoms with Gasteiger partial charge in [-0.15, -0.1) is 11.8 Å². The predicted octanol–water partition coefficient (Wildman–Crippen LogP) is 2.71. The van der Waals surface area contributed by atoms with Crippen LogP contribution < -0.4 is 5.73 Å². The van der Waals surface area contributed by atoms with E-state index in [-0.39, 0.29) is 17.1 Å². The molecule has 3 atom stereocenters. The van der Waals surface area contributed by atoms with Crippen molar-refractivity contribution in [2.24, 2.45) is 5.73 Å². The van der Waals surface area contributed by atoms with Crippen LogP contribution >= 0.6 is 11.8 Å². The third-order valence-electron chi connectivity index (χ3n) is 2.45. The van der Waals surface area contributed by atoms with Crippen molar-refractivity contribution in [3.05, 3.63) is 29.6 Å². The molecule has 16 heavy (non-hydrogen) atoms. The van der Waals surface area contributed by atoms with Gasteiger partial charge in [0, 0.05) is 16.2 Å². The van der Waals surface area contributed by atoms with E-state index in [4.69, 9.17) is 5.73 Å². The van der Waals surface area contributed by atoms with Crippen LogP contribution in [0.2, 0.25) is 0 Å². The second-order valence-corrected chi connectivity index (χ2v) is 5.45. The van der Waals surface area contributed by atoms with Crippen molar-refractivity contribution in [2.75, 3.05) is 0 Å². The van der Waals surface area contributed by atoms with Crippen molar-refractivity contribution in [2.45, 2.75) is 43.1 Å². The molecule has 2 nitrogen and oxygen atoms in total. The molecule has 1 aromatic rings. The highest BCUT2D eigenvalue weighted by atomic mass is 32.2. The lowest BCUT2D eigenvalue weighted by molar-refractivity contribution is 0.196. The number of halogens is 1. The van der Waals surface area contributed by atoms with Crippen LogP contribution in [0.25, 0.3) is 0 Å². The SMILES string of the molecule is CC(O)C(C)Sc1ccc(F)cc1[C@H](C)N. The molecule has 0 aliphatic rings. The monoisotopic (exact) mass is 243 g/mol. The lowest BCUT2D eigenvalue weighted by Gasteiger charge is -2.18. The first-order chi connectivity index (χ1) is 7.41. The third-order valence-corrected chi connectivity index (χ3v) is 3.85. The molecule has 0 saturated heterocycles. The first kappa shape index (κ1) is 13.5. The molecule has 4 heteroatoms. The molecule has 0 bridgehead atoms. The zero-order valence-corrected chi connectivity index (χ0v) is 10.6. The van der Waals surface area contributed by atoms with Gasteiger partial charge in [-0.05, 0) is 37.6 Å². The van der Waals surface area contributed by atoms with E-state index in [9.17, 15) is 9.50 Å². The van der Waals surface area contributed by atoms with E-state index in [1.165, 1.54) is 23.9 Å². The molecule has 2 unspecified atom stereocenters. The molecule has 0 heterocycles. The van der Waals surface area contributed by atoms with Gasteiger partial charge in [0.25, 0.3) is 0 Å². The second-order valence-electron chi connectivity index (χ2n) is 4.03. The highest BCUT2D eigenvalue weighted by Crippen LogP contribution is 2.31. The summed E-state index contributed by atoms with van der Waals surface area (Å²) >= 11 is 1.52. The molecule has 1 aromatic carbocycles. The van der Waals surface area contributed by atoms with Crippen LogP contribution in [-0.2, 0) is 0 Å². The average Bonchev–Trinajstić information content (AvgIpc) is 2.20. The van der Waals surface area contributed by atoms with Crippen LogP contribution in [0.5, 0.6) is 0 Å². The Balaban J connectivity index is 2.95. The minimum absolute atomic E-state index is 0.0583. The molecule has 0 amide bonds. The van der Waals surface area contributed by atoms with Gasteiger partial charge in [0.05, 0.1) is 6.10 Å². The molecule has 0 spiro atoms. The maximum atomic E-state index is 13.1. The Labute approximate surface area is 100 Å². The van der Waals surface area contributed by atoms with E-state index >= 15 is 0 Å². The smallest absolute Gasteiger partial charge is 0.123 e. The summed E-state index contributed by atoms with van der Waals surface area (Å²) in [5, 5.41) is 9.50. The largest absolute Gasteiger partial charge is 0.392 e. The molecule has 90 valence electrons. The predicted molar refractivity (Wildman–Crippen MR) is 66.0 cm³/mol. The third kappa shape index (κ3) is 3.47. The van der Waals surface area contributed by atoms with Crippen molar-refractivity contribution >= 4 is 11.8 Å². The van der Waals surface area contributed by atoms with E-state index in [2.05, 4.69) is 0 Å². The van der Waals surface area contributed by atoms with Gasteiger partial charge in [0.15, 0.2) is 0 Å². The van der Waals surface area contributed by atoms with Gasteiger partial charge in [-0.3, -0.25) is 0 Å². The summed E-state index contributed by atoms with van der Waals surface area (Å²) in [5.41, 5.74) is 6.58. The van der Waals surface area contributed by atoms with E-state index in [1.807, 2.05) is 13.8 Å². The number of thioether (sulfide) groups is 1. The Kier molecular flexibility index (Phi) is 4.77. The summed E-state index contributed by atoms with van der Waals surface area (Å²) in [4.78, 5) is 0.935. The summed E-state index contributed by atoms with van der Waals surface area (Å²) in [6, 6.07) is 4.39. The summed E-state index contributed by atoms with van der Waals surface area (Å²) in [6.45, 7) is 5.50. The van der Waals surface area contributed by atoms with E-state index in [1.54, 1.807) is 13.0 Å². The minimum Gasteiger partial charge on any atom is -0.392 e. The number of hydrogen-bond acceptors (Lipinski definition) is 3. The Morgan fingerprint density at radius 3 is 2.44 bits per heavy atom. The van der Waals surface area contributed by atoms with Crippen molar-refractivity contribution in [3.8, 4) is 0 Å². The number of rotatable bonds is 4. The number of aliphatic hydroxyl groups is 1. The molecule has 0 aromatic heterocycles. The number of hydrogen-bond donors (Lipinski definition) is 2. The van der Waals surface area contributed by atoms with E-state index < -0.39 is 6.10 Å². The Bertz CT molecular complexity index is 355. The van der Waals surface area contributed by atoms with E-state index in [0.29, 0.717) is 0 Å². The average molecular weight is 243 g/mol. The first-order valence-electron chi connectivity index (χ1n) is 5.31. The topological polar surface area (TPSA) is 46.2 Å². The molecule has 0 aliphatic carbocycles. The molecule has 0 radical (unpaired) electrons. The van der Waals surface area contributed by atoms with Gasteiger partial charge in [-0.1, -0.05) is 6.92 Å². The molecular weight excluding hydrogens is 225 g/mol. The van der Waals surface area contributed by atoms with E-state index in [0.717, 1.165) is 10.5 Å². The molecule has 0 aliphatic heterocycles. The van der Waals surface area contributed by atoms with Gasteiger partial charge < -0.3 is 10.8 Å². The van der Waals surface area contributed by atoms with Crippen molar-refractivity contribution in [1.82, 2.24) is 0 Å². The van der Waals surface area contributed by atoms with Crippen LogP contribution in [0.1, 0.15) is 32.4 Å². The van der Waals surface area contributed by atoms with Gasteiger partial charge in [-0.25, -0.2) is 4.39 Å². The fraction of sp³-hybridized carbons (Fsp3) is 0.500. The summed E-state index contributed by atoms with van der Waals surface area (Å²) in [5.74, 6) is -0.277. The number of aliphatic hydroxyl groups excluding tert-OH is 1. The Morgan fingerprint density at radius 2 is 1.94 bits per heavy atom. The lowest BCUT2D eigenvalue weighted by atomic mass is 10.1. The standard InChI is InChI=1S/C12H18FNOS/c1-7(14)11-6-10(13)4-5-12(11)16-9(3)8(2)15/h4-9,15H,14H2,1-3H3/t7-,8?,9?/m0/s1. The van der Waals surface area contributed by atoms with Crippen LogP contribution in [-0.4, -0.2) is 16.5 Å². The summed E-state index contributed by atoms with van der Waals surface area (Å²) in [6.07, 6.45) is -0.406. The molecule has 0 saturated carbocycles. The Morgan fingerprint density at radius 1 is 1.31 bits per heavy atom. The highest BCUT2D eigenvalue weighted by Gasteiger charge is 2.15. The minimum atomic E-state index is -0.406. The number of nitrogens with two attached hydrogens (primary N) is 1. The summed E-state index contributed by atoms with van der Waals surface area (Å²) in [7, 11) is 0. The fourth-order valence-electron chi connectivity index (χ4n) is 1.28. The number of benzene rings is 1. The zero-order valence-electron chi connectivity index (χ0n) is 9.77. The van der Waals surface area contributed by atoms with Crippen molar-refractivity contribution in [3.63, 3.8) is 0 Å². The van der Waals surface area contributed by atoms with Gasteiger partial charge in [0.1, 0.15) is 5.82 Å². The molecule has 3 N–H and O–H groups in total. The maximum absolute atomic E-state index is 13.1. The van der Waals surface area contributed by atoms with Gasteiger partial charge >= 0.3 is 0 Å². The normalized spacial score (nSPS) is 16.9. The van der Waals surface area contributed by atoms with Crippen LogP contribution in [0.15, 0.2) is 23.1 Å². The maximum Gasteiger partial charge on any atom is 0.123 e. The van der Waals surface area contributed by atoms with Gasteiger partial charge in [0.2, 0.25) is 0 Å². The second kappa shape index (κ2) is 5.66. The molecule has 1 rings (SSSR count). The quantitative estimate of drug-likeness (QED) is 0.799. The lowest BCUT2D eigenvalue weighted by Crippen LogP contribution is -2.16. The first-order valence-corrected chi connectivity index (χ1v) is 6.19. The van der Waals surface area contributed by atoms with Crippen LogP contribution in [0.3, 0.4) is 0 Å². The molecular formula is C12H18FNOS. The summed E-state index contributed by atoms with van der Waals surface area (Å²) < 4.78 is 13.1. The zero-order chi connectivity index (χ0) is 12.3. The van der Waals surface area contributed by atoms with Crippen LogP contribution in [0, 0.1) is 5.82 Å². The van der Waals surface area contributed by atoms with Gasteiger partial charge in [-0.2, -0.15) is 0 Å². The van der Waals surface area contributed by atoms with Crippen LogP contribution in [0.4, 0.5) is 4.39 Å². The molecule has 0 fully saturated rings. The highest BCUT2D eigenvalue weighted by molar-refractivity contribution is 8.00. The fourth-order valence-corrected chi connectivity index (χ4v) is 2.41. The van der Waals surface area contributed by atoms with Crippen molar-refractivity contribution in [1.29, 1.82) is 0 Å². The Hall–Kier alpha value is -0.580.